The van der Waals surface area contributed by atoms with E-state index in [1.807, 2.05) is 60.1 Å². The summed E-state index contributed by atoms with van der Waals surface area (Å²) in [5.74, 6) is 0.786. The van der Waals surface area contributed by atoms with Gasteiger partial charge in [-0.3, -0.25) is 4.98 Å². The van der Waals surface area contributed by atoms with Crippen LogP contribution in [-0.2, 0) is 7.05 Å². The number of carbonyl (C=O) groups is 1. The van der Waals surface area contributed by atoms with Gasteiger partial charge in [-0.05, 0) is 52.3 Å². The number of hydrogen-bond donors (Lipinski definition) is 0. The number of aryl methyl sites for hydroxylation is 1. The van der Waals surface area contributed by atoms with Gasteiger partial charge in [0.25, 0.3) is 0 Å². The lowest BCUT2D eigenvalue weighted by atomic mass is 10.2. The summed E-state index contributed by atoms with van der Waals surface area (Å²) >= 11 is 8.36. The standard InChI is InChI=1S/C22H13Br2N3O2S/c1-27-16-7-3-2-6-15(16)26-21(27)17-8-9-18(30-17)22(28)29-20-14(24)11-13(23)12-5-4-10-25-19(12)20/h2-11H,1H3. The van der Waals surface area contributed by atoms with Crippen LogP contribution < -0.4 is 4.74 Å². The monoisotopic (exact) mass is 541 g/mol. The van der Waals surface area contributed by atoms with Crippen molar-refractivity contribution in [3.05, 3.63) is 74.6 Å². The maximum absolute atomic E-state index is 12.9. The van der Waals surface area contributed by atoms with Gasteiger partial charge in [0.15, 0.2) is 11.6 Å². The summed E-state index contributed by atoms with van der Waals surface area (Å²) in [5, 5.41) is 0.870. The van der Waals surface area contributed by atoms with Crippen LogP contribution in [-0.4, -0.2) is 20.5 Å². The smallest absolute Gasteiger partial charge is 0.353 e. The molecule has 8 heteroatoms. The number of carbonyl (C=O) groups excluding carboxylic acids is 1. The molecule has 0 saturated carbocycles. The molecular weight excluding hydrogens is 530 g/mol. The van der Waals surface area contributed by atoms with E-state index in [-0.39, 0.29) is 0 Å². The zero-order valence-electron chi connectivity index (χ0n) is 15.6. The highest BCUT2D eigenvalue weighted by atomic mass is 79.9. The maximum Gasteiger partial charge on any atom is 0.353 e. The van der Waals surface area contributed by atoms with Crippen molar-refractivity contribution in [3.8, 4) is 16.5 Å². The van der Waals surface area contributed by atoms with E-state index >= 15 is 0 Å². The Morgan fingerprint density at radius 3 is 2.73 bits per heavy atom. The number of ether oxygens (including phenoxy) is 1. The van der Waals surface area contributed by atoms with Crippen molar-refractivity contribution in [1.82, 2.24) is 14.5 Å². The highest BCUT2D eigenvalue weighted by Crippen LogP contribution is 2.38. The van der Waals surface area contributed by atoms with Crippen molar-refractivity contribution in [2.24, 2.45) is 7.05 Å². The van der Waals surface area contributed by atoms with Gasteiger partial charge in [-0.2, -0.15) is 0 Å². The number of para-hydroxylation sites is 2. The first-order valence-corrected chi connectivity index (χ1v) is 11.4. The van der Waals surface area contributed by atoms with Crippen molar-refractivity contribution < 1.29 is 9.53 Å². The number of esters is 1. The summed E-state index contributed by atoms with van der Waals surface area (Å²) in [6.45, 7) is 0. The van der Waals surface area contributed by atoms with Crippen LogP contribution in [0.3, 0.4) is 0 Å². The molecule has 5 aromatic rings. The van der Waals surface area contributed by atoms with Crippen molar-refractivity contribution >= 4 is 71.1 Å². The Hall–Kier alpha value is -2.55. The third-order valence-electron chi connectivity index (χ3n) is 4.76. The summed E-state index contributed by atoms with van der Waals surface area (Å²) in [6.07, 6.45) is 1.67. The third-order valence-corrected chi connectivity index (χ3v) is 7.07. The van der Waals surface area contributed by atoms with E-state index in [1.54, 1.807) is 12.3 Å². The molecule has 0 spiro atoms. The van der Waals surface area contributed by atoms with E-state index in [2.05, 4.69) is 36.8 Å². The zero-order valence-corrected chi connectivity index (χ0v) is 19.6. The molecule has 3 heterocycles. The number of hydrogen-bond acceptors (Lipinski definition) is 5. The third kappa shape index (κ3) is 3.25. The van der Waals surface area contributed by atoms with Gasteiger partial charge in [-0.1, -0.05) is 34.1 Å². The van der Waals surface area contributed by atoms with Gasteiger partial charge in [-0.25, -0.2) is 9.78 Å². The number of fused-ring (bicyclic) bond motifs is 2. The number of halogens is 2. The maximum atomic E-state index is 12.9. The second kappa shape index (κ2) is 7.61. The molecular formula is C22H13Br2N3O2S. The molecule has 0 atom stereocenters. The molecule has 5 nitrogen and oxygen atoms in total. The molecule has 0 unspecified atom stereocenters. The molecule has 0 amide bonds. The summed E-state index contributed by atoms with van der Waals surface area (Å²) < 4.78 is 9.31. The lowest BCUT2D eigenvalue weighted by Gasteiger charge is -2.10. The average Bonchev–Trinajstić information content (AvgIpc) is 3.36. The van der Waals surface area contributed by atoms with E-state index in [4.69, 9.17) is 9.72 Å². The molecule has 0 aliphatic heterocycles. The van der Waals surface area contributed by atoms with E-state index in [1.165, 1.54) is 11.3 Å². The zero-order chi connectivity index (χ0) is 20.8. The Kier molecular flexibility index (Phi) is 4.92. The van der Waals surface area contributed by atoms with Crippen LogP contribution in [0.5, 0.6) is 5.75 Å². The SMILES string of the molecule is Cn1c(-c2ccc(C(=O)Oc3c(Br)cc(Br)c4cccnc34)s2)nc2ccccc21. The second-order valence-electron chi connectivity index (χ2n) is 6.61. The van der Waals surface area contributed by atoms with Crippen molar-refractivity contribution in [1.29, 1.82) is 0 Å². The van der Waals surface area contributed by atoms with Crippen LogP contribution in [0.15, 0.2) is 69.7 Å². The first-order chi connectivity index (χ1) is 14.5. The van der Waals surface area contributed by atoms with E-state index in [0.717, 1.165) is 31.6 Å². The Morgan fingerprint density at radius 1 is 1.07 bits per heavy atom. The molecule has 0 fully saturated rings. The van der Waals surface area contributed by atoms with Gasteiger partial charge < -0.3 is 9.30 Å². The lowest BCUT2D eigenvalue weighted by Crippen LogP contribution is -2.07. The van der Waals surface area contributed by atoms with Gasteiger partial charge >= 0.3 is 5.97 Å². The number of benzene rings is 2. The van der Waals surface area contributed by atoms with Gasteiger partial charge in [0, 0.05) is 23.1 Å². The van der Waals surface area contributed by atoms with Gasteiger partial charge in [0.1, 0.15) is 10.4 Å². The van der Waals surface area contributed by atoms with Crippen LogP contribution in [0.1, 0.15) is 9.67 Å². The Morgan fingerprint density at radius 2 is 1.90 bits per heavy atom. The van der Waals surface area contributed by atoms with Crippen molar-refractivity contribution in [2.45, 2.75) is 0 Å². The van der Waals surface area contributed by atoms with Crippen molar-refractivity contribution in [3.63, 3.8) is 0 Å². The highest BCUT2D eigenvalue weighted by molar-refractivity contribution is 9.11. The van der Waals surface area contributed by atoms with Crippen LogP contribution in [0.2, 0.25) is 0 Å². The second-order valence-corrected chi connectivity index (χ2v) is 9.40. The van der Waals surface area contributed by atoms with Gasteiger partial charge in [-0.15, -0.1) is 11.3 Å². The average molecular weight is 543 g/mol. The molecule has 2 aromatic carbocycles. The Labute approximate surface area is 192 Å². The number of thiophene rings is 1. The molecule has 0 N–H and O–H groups in total. The predicted molar refractivity (Wildman–Crippen MR) is 126 cm³/mol. The van der Waals surface area contributed by atoms with Gasteiger partial charge in [0.05, 0.1) is 20.4 Å². The lowest BCUT2D eigenvalue weighted by molar-refractivity contribution is 0.0740. The van der Waals surface area contributed by atoms with Crippen LogP contribution >= 0.6 is 43.2 Å². The molecule has 0 bridgehead atoms. The summed E-state index contributed by atoms with van der Waals surface area (Å²) in [6, 6.07) is 17.2. The van der Waals surface area contributed by atoms with Crippen LogP contribution in [0, 0.1) is 0 Å². The highest BCUT2D eigenvalue weighted by Gasteiger charge is 2.20. The molecule has 3 aromatic heterocycles. The van der Waals surface area contributed by atoms with E-state index in [0.29, 0.717) is 20.6 Å². The van der Waals surface area contributed by atoms with E-state index in [9.17, 15) is 4.79 Å². The van der Waals surface area contributed by atoms with Crippen LogP contribution in [0.25, 0.3) is 32.6 Å². The molecule has 0 radical (unpaired) electrons. The Bertz CT molecular complexity index is 1440. The fourth-order valence-electron chi connectivity index (χ4n) is 3.32. The molecule has 0 aliphatic carbocycles. The summed E-state index contributed by atoms with van der Waals surface area (Å²) in [4.78, 5) is 23.4. The normalized spacial score (nSPS) is 11.3. The van der Waals surface area contributed by atoms with Gasteiger partial charge in [0.2, 0.25) is 0 Å². The van der Waals surface area contributed by atoms with Crippen LogP contribution in [0.4, 0.5) is 0 Å². The predicted octanol–water partition coefficient (Wildman–Crippen LogP) is 6.59. The number of aromatic nitrogens is 3. The summed E-state index contributed by atoms with van der Waals surface area (Å²) in [7, 11) is 1.97. The van der Waals surface area contributed by atoms with Crippen molar-refractivity contribution in [2.75, 3.05) is 0 Å². The molecule has 0 aliphatic rings. The minimum Gasteiger partial charge on any atom is -0.419 e. The number of nitrogens with zero attached hydrogens (tertiary/aromatic N) is 3. The first-order valence-electron chi connectivity index (χ1n) is 8.99. The molecule has 0 saturated heterocycles. The fraction of sp³-hybridized carbons (Fsp3) is 0.0455. The fourth-order valence-corrected chi connectivity index (χ4v) is 5.58. The Balaban J connectivity index is 1.50. The molecule has 30 heavy (non-hydrogen) atoms. The molecule has 148 valence electrons. The summed E-state index contributed by atoms with van der Waals surface area (Å²) in [5.41, 5.74) is 2.57. The molecule has 5 rings (SSSR count). The van der Waals surface area contributed by atoms with E-state index < -0.39 is 5.97 Å². The minimum absolute atomic E-state index is 0.400. The number of rotatable bonds is 3. The minimum atomic E-state index is -0.431. The quantitative estimate of drug-likeness (QED) is 0.190. The largest absolute Gasteiger partial charge is 0.419 e. The topological polar surface area (TPSA) is 57.0 Å². The number of imidazole rings is 1. The number of pyridine rings is 1. The first kappa shape index (κ1) is 19.4.